The minimum Gasteiger partial charge on any atom is -0.309 e. The summed E-state index contributed by atoms with van der Waals surface area (Å²) in [4.78, 5) is 5.01. The van der Waals surface area contributed by atoms with E-state index in [1.165, 1.54) is 37.1 Å². The predicted octanol–water partition coefficient (Wildman–Crippen LogP) is 2.67. The summed E-state index contributed by atoms with van der Waals surface area (Å²) in [5, 5.41) is 3.67. The van der Waals surface area contributed by atoms with Crippen LogP contribution in [0.15, 0.2) is 24.3 Å². The molecule has 3 heteroatoms. The zero-order valence-electron chi connectivity index (χ0n) is 14.1. The Labute approximate surface area is 130 Å². The van der Waals surface area contributed by atoms with Crippen LogP contribution in [0.25, 0.3) is 0 Å². The van der Waals surface area contributed by atoms with E-state index in [9.17, 15) is 0 Å². The number of hydrogen-bond acceptors (Lipinski definition) is 3. The van der Waals surface area contributed by atoms with Crippen LogP contribution < -0.4 is 5.32 Å². The molecule has 1 fully saturated rings. The van der Waals surface area contributed by atoms with Crippen LogP contribution in [0.4, 0.5) is 0 Å². The normalized spacial score (nSPS) is 21.7. The van der Waals surface area contributed by atoms with Gasteiger partial charge in [0.15, 0.2) is 0 Å². The lowest BCUT2D eigenvalue weighted by molar-refractivity contribution is 0.125. The highest BCUT2D eigenvalue weighted by atomic mass is 15.2. The fourth-order valence-corrected chi connectivity index (χ4v) is 3.43. The molecule has 2 unspecified atom stereocenters. The number of benzene rings is 1. The predicted molar refractivity (Wildman–Crippen MR) is 90.7 cm³/mol. The zero-order valence-corrected chi connectivity index (χ0v) is 14.1. The molecule has 21 heavy (non-hydrogen) atoms. The molecular weight excluding hydrogens is 258 g/mol. The van der Waals surface area contributed by atoms with Gasteiger partial charge >= 0.3 is 0 Å². The maximum Gasteiger partial charge on any atom is 0.0451 e. The number of rotatable bonds is 6. The van der Waals surface area contributed by atoms with E-state index in [0.717, 1.165) is 13.1 Å². The van der Waals surface area contributed by atoms with Crippen molar-refractivity contribution in [2.75, 3.05) is 40.3 Å². The van der Waals surface area contributed by atoms with Crippen molar-refractivity contribution in [3.63, 3.8) is 0 Å². The SMILES string of the molecule is CCNC(CN(C)C1CCCN(C)C1)c1ccccc1C. The molecule has 0 radical (unpaired) electrons. The number of likely N-dealkylation sites (tertiary alicyclic amines) is 1. The van der Waals surface area contributed by atoms with Gasteiger partial charge in [-0.15, -0.1) is 0 Å². The summed E-state index contributed by atoms with van der Waals surface area (Å²) in [7, 11) is 4.52. The van der Waals surface area contributed by atoms with Gasteiger partial charge in [0.2, 0.25) is 0 Å². The molecule has 1 aromatic carbocycles. The van der Waals surface area contributed by atoms with Gasteiger partial charge in [-0.05, 0) is 58.1 Å². The minimum absolute atomic E-state index is 0.424. The Hall–Kier alpha value is -0.900. The van der Waals surface area contributed by atoms with Crippen LogP contribution in [0.1, 0.15) is 36.9 Å². The van der Waals surface area contributed by atoms with Gasteiger partial charge in [-0.2, -0.15) is 0 Å². The maximum absolute atomic E-state index is 3.67. The van der Waals surface area contributed by atoms with Crippen molar-refractivity contribution in [2.45, 2.75) is 38.8 Å². The lowest BCUT2D eigenvalue weighted by atomic mass is 9.99. The molecule has 1 aliphatic rings. The molecule has 2 rings (SSSR count). The second kappa shape index (κ2) is 7.92. The first-order chi connectivity index (χ1) is 10.1. The number of aryl methyl sites for hydroxylation is 1. The summed E-state index contributed by atoms with van der Waals surface area (Å²) < 4.78 is 0. The smallest absolute Gasteiger partial charge is 0.0451 e. The van der Waals surface area contributed by atoms with Crippen molar-refractivity contribution in [3.05, 3.63) is 35.4 Å². The summed E-state index contributed by atoms with van der Waals surface area (Å²) in [6, 6.07) is 9.88. The van der Waals surface area contributed by atoms with Crippen LogP contribution in [0.3, 0.4) is 0 Å². The van der Waals surface area contributed by atoms with E-state index in [1.54, 1.807) is 0 Å². The summed E-state index contributed by atoms with van der Waals surface area (Å²) in [5.41, 5.74) is 2.83. The highest BCUT2D eigenvalue weighted by Crippen LogP contribution is 2.21. The van der Waals surface area contributed by atoms with E-state index in [1.807, 2.05) is 0 Å². The Balaban J connectivity index is 2.04. The second-order valence-corrected chi connectivity index (χ2v) is 6.46. The Kier molecular flexibility index (Phi) is 6.22. The molecule has 1 aromatic rings. The first-order valence-corrected chi connectivity index (χ1v) is 8.29. The highest BCUT2D eigenvalue weighted by Gasteiger charge is 2.23. The molecule has 0 spiro atoms. The van der Waals surface area contributed by atoms with Gasteiger partial charge < -0.3 is 15.1 Å². The van der Waals surface area contributed by atoms with Crippen LogP contribution in [-0.4, -0.2) is 56.1 Å². The Morgan fingerprint density at radius 3 is 2.81 bits per heavy atom. The largest absolute Gasteiger partial charge is 0.309 e. The van der Waals surface area contributed by atoms with Crippen molar-refractivity contribution >= 4 is 0 Å². The molecule has 0 aromatic heterocycles. The molecule has 118 valence electrons. The van der Waals surface area contributed by atoms with Gasteiger partial charge in [-0.1, -0.05) is 31.2 Å². The molecule has 0 aliphatic carbocycles. The summed E-state index contributed by atoms with van der Waals surface area (Å²) >= 11 is 0. The van der Waals surface area contributed by atoms with E-state index in [2.05, 4.69) is 67.3 Å². The van der Waals surface area contributed by atoms with Crippen LogP contribution >= 0.6 is 0 Å². The van der Waals surface area contributed by atoms with Crippen molar-refractivity contribution in [3.8, 4) is 0 Å². The van der Waals surface area contributed by atoms with Crippen LogP contribution in [-0.2, 0) is 0 Å². The van der Waals surface area contributed by atoms with Crippen molar-refractivity contribution in [2.24, 2.45) is 0 Å². The first-order valence-electron chi connectivity index (χ1n) is 8.29. The quantitative estimate of drug-likeness (QED) is 0.868. The van der Waals surface area contributed by atoms with Gasteiger partial charge in [0, 0.05) is 25.2 Å². The van der Waals surface area contributed by atoms with E-state index in [-0.39, 0.29) is 0 Å². The third-order valence-corrected chi connectivity index (χ3v) is 4.71. The number of piperidine rings is 1. The standard InChI is InChI=1S/C18H31N3/c1-5-19-18(17-11-7-6-9-15(17)2)14-21(4)16-10-8-12-20(3)13-16/h6-7,9,11,16,18-19H,5,8,10,12-14H2,1-4H3. The fraction of sp³-hybridized carbons (Fsp3) is 0.667. The van der Waals surface area contributed by atoms with Gasteiger partial charge in [-0.3, -0.25) is 0 Å². The molecular formula is C18H31N3. The van der Waals surface area contributed by atoms with Gasteiger partial charge in [0.1, 0.15) is 0 Å². The number of nitrogens with one attached hydrogen (secondary N) is 1. The topological polar surface area (TPSA) is 18.5 Å². The van der Waals surface area contributed by atoms with Crippen LogP contribution in [0.5, 0.6) is 0 Å². The average Bonchev–Trinajstić information content (AvgIpc) is 2.47. The molecule has 0 amide bonds. The molecule has 1 heterocycles. The molecule has 1 saturated heterocycles. The average molecular weight is 289 g/mol. The maximum atomic E-state index is 3.67. The van der Waals surface area contributed by atoms with Gasteiger partial charge in [0.05, 0.1) is 0 Å². The Bertz CT molecular complexity index is 432. The monoisotopic (exact) mass is 289 g/mol. The van der Waals surface area contributed by atoms with Gasteiger partial charge in [-0.25, -0.2) is 0 Å². The van der Waals surface area contributed by atoms with Crippen LogP contribution in [0, 0.1) is 6.92 Å². The number of likely N-dealkylation sites (N-methyl/N-ethyl adjacent to an activating group) is 3. The summed E-state index contributed by atoms with van der Waals surface area (Å²) in [6.45, 7) is 8.95. The Morgan fingerprint density at radius 2 is 2.14 bits per heavy atom. The molecule has 1 aliphatic heterocycles. The molecule has 0 bridgehead atoms. The molecule has 0 saturated carbocycles. The van der Waals surface area contributed by atoms with E-state index in [0.29, 0.717) is 12.1 Å². The summed E-state index contributed by atoms with van der Waals surface area (Å²) in [6.07, 6.45) is 2.65. The fourth-order valence-electron chi connectivity index (χ4n) is 3.43. The lowest BCUT2D eigenvalue weighted by Gasteiger charge is -2.37. The van der Waals surface area contributed by atoms with Crippen molar-refractivity contribution < 1.29 is 0 Å². The molecule has 2 atom stereocenters. The van der Waals surface area contributed by atoms with E-state index in [4.69, 9.17) is 0 Å². The third-order valence-electron chi connectivity index (χ3n) is 4.71. The second-order valence-electron chi connectivity index (χ2n) is 6.46. The summed E-state index contributed by atoms with van der Waals surface area (Å²) in [5.74, 6) is 0. The van der Waals surface area contributed by atoms with Crippen molar-refractivity contribution in [1.82, 2.24) is 15.1 Å². The van der Waals surface area contributed by atoms with Gasteiger partial charge in [0.25, 0.3) is 0 Å². The minimum atomic E-state index is 0.424. The Morgan fingerprint density at radius 1 is 1.38 bits per heavy atom. The third kappa shape index (κ3) is 4.53. The van der Waals surface area contributed by atoms with Crippen molar-refractivity contribution in [1.29, 1.82) is 0 Å². The zero-order chi connectivity index (χ0) is 15.2. The lowest BCUT2D eigenvalue weighted by Crippen LogP contribution is -2.47. The molecule has 1 N–H and O–H groups in total. The highest BCUT2D eigenvalue weighted by molar-refractivity contribution is 5.29. The van der Waals surface area contributed by atoms with Crippen LogP contribution in [0.2, 0.25) is 0 Å². The van der Waals surface area contributed by atoms with E-state index < -0.39 is 0 Å². The number of nitrogens with zero attached hydrogens (tertiary/aromatic N) is 2. The molecule has 3 nitrogen and oxygen atoms in total. The number of hydrogen-bond donors (Lipinski definition) is 1. The first kappa shape index (κ1) is 16.5. The van der Waals surface area contributed by atoms with E-state index >= 15 is 0 Å².